The first kappa shape index (κ1) is 14.5. The van der Waals surface area contributed by atoms with Crippen molar-refractivity contribution in [3.8, 4) is 11.1 Å². The van der Waals surface area contributed by atoms with E-state index in [1.807, 2.05) is 6.07 Å². The first-order chi connectivity index (χ1) is 10.1. The monoisotopic (exact) mass is 357 g/mol. The van der Waals surface area contributed by atoms with Gasteiger partial charge < -0.3 is 5.73 Å². The van der Waals surface area contributed by atoms with Crippen LogP contribution in [0, 0.1) is 6.92 Å². The number of nitrogens with two attached hydrogens (primary N) is 1. The van der Waals surface area contributed by atoms with Crippen LogP contribution in [-0.4, -0.2) is 0 Å². The lowest BCUT2D eigenvalue weighted by atomic mass is 10.0. The fourth-order valence-corrected chi connectivity index (χ4v) is 3.92. The summed E-state index contributed by atoms with van der Waals surface area (Å²) in [6.07, 6.45) is 0. The maximum absolute atomic E-state index is 6.38. The molecule has 1 unspecified atom stereocenters. The fraction of sp³-hybridized carbons (Fsp3) is 0.111. The minimum atomic E-state index is -0.0650. The van der Waals surface area contributed by atoms with Gasteiger partial charge in [-0.15, -0.1) is 11.3 Å². The van der Waals surface area contributed by atoms with Crippen LogP contribution in [0.2, 0.25) is 0 Å². The van der Waals surface area contributed by atoms with E-state index in [2.05, 4.69) is 77.5 Å². The van der Waals surface area contributed by atoms with Gasteiger partial charge in [-0.05, 0) is 51.2 Å². The highest BCUT2D eigenvalue weighted by Gasteiger charge is 2.13. The molecule has 21 heavy (non-hydrogen) atoms. The second-order valence-electron chi connectivity index (χ2n) is 5.07. The third kappa shape index (κ3) is 3.10. The number of thiophene rings is 1. The minimum Gasteiger partial charge on any atom is -0.320 e. The largest absolute Gasteiger partial charge is 0.320 e. The quantitative estimate of drug-likeness (QED) is 0.654. The molecule has 0 amide bonds. The number of benzene rings is 2. The van der Waals surface area contributed by atoms with Gasteiger partial charge in [0.15, 0.2) is 0 Å². The maximum atomic E-state index is 6.38. The molecule has 1 heterocycles. The number of hydrogen-bond donors (Lipinski definition) is 1. The van der Waals surface area contributed by atoms with Crippen LogP contribution in [0.4, 0.5) is 0 Å². The molecule has 0 aliphatic rings. The second-order valence-corrected chi connectivity index (χ2v) is 7.47. The number of hydrogen-bond acceptors (Lipinski definition) is 2. The molecule has 1 aromatic heterocycles. The average molecular weight is 358 g/mol. The fourth-order valence-electron chi connectivity index (χ4n) is 2.31. The molecule has 0 aliphatic carbocycles. The Morgan fingerprint density at radius 1 is 0.952 bits per heavy atom. The van der Waals surface area contributed by atoms with Gasteiger partial charge in [0.1, 0.15) is 0 Å². The van der Waals surface area contributed by atoms with Crippen molar-refractivity contribution < 1.29 is 0 Å². The lowest BCUT2D eigenvalue weighted by molar-refractivity contribution is 0.893. The summed E-state index contributed by atoms with van der Waals surface area (Å²) in [6.45, 7) is 2.09. The molecule has 0 bridgehead atoms. The van der Waals surface area contributed by atoms with Gasteiger partial charge in [-0.2, -0.15) is 0 Å². The molecule has 106 valence electrons. The summed E-state index contributed by atoms with van der Waals surface area (Å²) in [6, 6.07) is 21.0. The normalized spacial score (nSPS) is 12.3. The van der Waals surface area contributed by atoms with E-state index in [4.69, 9.17) is 5.73 Å². The second kappa shape index (κ2) is 6.14. The molecule has 0 saturated carbocycles. The Kier molecular flexibility index (Phi) is 4.24. The van der Waals surface area contributed by atoms with Gasteiger partial charge in [0.2, 0.25) is 0 Å². The summed E-state index contributed by atoms with van der Waals surface area (Å²) >= 11 is 5.27. The first-order valence-corrected chi connectivity index (χ1v) is 8.43. The molecule has 2 N–H and O–H groups in total. The van der Waals surface area contributed by atoms with Crippen LogP contribution in [0.3, 0.4) is 0 Å². The predicted molar refractivity (Wildman–Crippen MR) is 94.7 cm³/mol. The van der Waals surface area contributed by atoms with Crippen molar-refractivity contribution in [3.05, 3.63) is 80.5 Å². The highest BCUT2D eigenvalue weighted by molar-refractivity contribution is 9.11. The number of halogens is 1. The third-order valence-electron chi connectivity index (χ3n) is 3.56. The van der Waals surface area contributed by atoms with Gasteiger partial charge in [-0.25, -0.2) is 0 Å². The molecule has 0 fully saturated rings. The molecule has 0 radical (unpaired) electrons. The van der Waals surface area contributed by atoms with Crippen molar-refractivity contribution in [2.75, 3.05) is 0 Å². The lowest BCUT2D eigenvalue weighted by Crippen LogP contribution is -2.09. The van der Waals surface area contributed by atoms with E-state index in [0.717, 1.165) is 9.35 Å². The van der Waals surface area contributed by atoms with Crippen molar-refractivity contribution >= 4 is 27.3 Å². The summed E-state index contributed by atoms with van der Waals surface area (Å²) in [4.78, 5) is 1.19. The summed E-state index contributed by atoms with van der Waals surface area (Å²) in [5.74, 6) is 0. The van der Waals surface area contributed by atoms with Gasteiger partial charge in [-0.3, -0.25) is 0 Å². The number of rotatable bonds is 3. The van der Waals surface area contributed by atoms with Gasteiger partial charge in [0.05, 0.1) is 9.83 Å². The summed E-state index contributed by atoms with van der Waals surface area (Å²) in [7, 11) is 0. The SMILES string of the molecule is Cc1cc(C(N)c2ccc(-c3ccccc3)cc2)sc1Br. The van der Waals surface area contributed by atoms with Crippen LogP contribution < -0.4 is 5.73 Å². The smallest absolute Gasteiger partial charge is 0.0731 e. The molecular weight excluding hydrogens is 342 g/mol. The van der Waals surface area contributed by atoms with Crippen molar-refractivity contribution in [1.82, 2.24) is 0 Å². The third-order valence-corrected chi connectivity index (χ3v) is 5.78. The molecule has 3 aromatic rings. The van der Waals surface area contributed by atoms with Crippen LogP contribution in [0.15, 0.2) is 64.5 Å². The molecule has 2 aromatic carbocycles. The van der Waals surface area contributed by atoms with Crippen LogP contribution >= 0.6 is 27.3 Å². The molecule has 3 heteroatoms. The maximum Gasteiger partial charge on any atom is 0.0731 e. The minimum absolute atomic E-state index is 0.0650. The molecule has 3 rings (SSSR count). The van der Waals surface area contributed by atoms with Gasteiger partial charge in [0.25, 0.3) is 0 Å². The topological polar surface area (TPSA) is 26.0 Å². The van der Waals surface area contributed by atoms with Gasteiger partial charge in [-0.1, -0.05) is 54.6 Å². The Balaban J connectivity index is 1.87. The van der Waals surface area contributed by atoms with Crippen LogP contribution in [-0.2, 0) is 0 Å². The zero-order valence-corrected chi connectivity index (χ0v) is 14.1. The average Bonchev–Trinajstić information content (AvgIpc) is 2.87. The van der Waals surface area contributed by atoms with Gasteiger partial charge >= 0.3 is 0 Å². The molecule has 1 nitrogen and oxygen atoms in total. The molecule has 1 atom stereocenters. The van der Waals surface area contributed by atoms with Crippen molar-refractivity contribution in [2.45, 2.75) is 13.0 Å². The van der Waals surface area contributed by atoms with Crippen LogP contribution in [0.5, 0.6) is 0 Å². The Morgan fingerprint density at radius 3 is 2.14 bits per heavy atom. The van der Waals surface area contributed by atoms with Gasteiger partial charge in [0, 0.05) is 4.88 Å². The van der Waals surface area contributed by atoms with E-state index in [1.54, 1.807) is 11.3 Å². The van der Waals surface area contributed by atoms with Crippen molar-refractivity contribution in [2.24, 2.45) is 5.73 Å². The Morgan fingerprint density at radius 2 is 1.57 bits per heavy atom. The Labute approximate surface area is 137 Å². The highest BCUT2D eigenvalue weighted by Crippen LogP contribution is 2.33. The zero-order chi connectivity index (χ0) is 14.8. The van der Waals surface area contributed by atoms with Crippen molar-refractivity contribution in [1.29, 1.82) is 0 Å². The predicted octanol–water partition coefficient (Wildman–Crippen LogP) is 5.53. The van der Waals surface area contributed by atoms with E-state index in [1.165, 1.54) is 21.6 Å². The molecular formula is C18H16BrNS. The first-order valence-electron chi connectivity index (χ1n) is 6.82. The van der Waals surface area contributed by atoms with E-state index in [0.29, 0.717) is 0 Å². The van der Waals surface area contributed by atoms with E-state index >= 15 is 0 Å². The van der Waals surface area contributed by atoms with Crippen LogP contribution in [0.25, 0.3) is 11.1 Å². The Hall–Kier alpha value is -1.42. The van der Waals surface area contributed by atoms with Crippen molar-refractivity contribution in [3.63, 3.8) is 0 Å². The summed E-state index contributed by atoms with van der Waals surface area (Å²) in [5.41, 5.74) is 11.2. The molecule has 0 aliphatic heterocycles. The Bertz CT molecular complexity index is 712. The van der Waals surface area contributed by atoms with E-state index in [-0.39, 0.29) is 6.04 Å². The molecule has 0 spiro atoms. The van der Waals surface area contributed by atoms with Crippen LogP contribution in [0.1, 0.15) is 22.0 Å². The molecule has 0 saturated heterocycles. The zero-order valence-electron chi connectivity index (χ0n) is 11.7. The standard InChI is InChI=1S/C18H16BrNS/c1-12-11-16(21-18(12)19)17(20)15-9-7-14(8-10-15)13-5-3-2-4-6-13/h2-11,17H,20H2,1H3. The highest BCUT2D eigenvalue weighted by atomic mass is 79.9. The summed E-state index contributed by atoms with van der Waals surface area (Å²) < 4.78 is 1.16. The van der Waals surface area contributed by atoms with E-state index in [9.17, 15) is 0 Å². The summed E-state index contributed by atoms with van der Waals surface area (Å²) in [5, 5.41) is 0. The number of aryl methyl sites for hydroxylation is 1. The lowest BCUT2D eigenvalue weighted by Gasteiger charge is -2.11. The van der Waals surface area contributed by atoms with E-state index < -0.39 is 0 Å².